The third-order valence-corrected chi connectivity index (χ3v) is 6.34. The Balaban J connectivity index is 1.30. The van der Waals surface area contributed by atoms with Crippen LogP contribution in [0.15, 0.2) is 24.3 Å². The molecular weight excluding hydrogens is 364 g/mol. The third-order valence-electron chi connectivity index (χ3n) is 6.34. The maximum Gasteiger partial charge on any atom is 0.220 e. The molecule has 2 aliphatic heterocycles. The van der Waals surface area contributed by atoms with Crippen molar-refractivity contribution in [2.24, 2.45) is 11.7 Å². The van der Waals surface area contributed by atoms with Crippen molar-refractivity contribution in [2.45, 2.75) is 45.7 Å². The molecule has 0 spiro atoms. The van der Waals surface area contributed by atoms with E-state index in [2.05, 4.69) is 52.8 Å². The van der Waals surface area contributed by atoms with Gasteiger partial charge in [-0.25, -0.2) is 0 Å². The molecule has 6 nitrogen and oxygen atoms in total. The van der Waals surface area contributed by atoms with Crippen LogP contribution in [0.5, 0.6) is 5.75 Å². The van der Waals surface area contributed by atoms with E-state index in [0.29, 0.717) is 6.04 Å². The number of piperazine rings is 1. The van der Waals surface area contributed by atoms with Gasteiger partial charge in [-0.05, 0) is 63.9 Å². The maximum absolute atomic E-state index is 11.2. The van der Waals surface area contributed by atoms with Crippen molar-refractivity contribution in [3.05, 3.63) is 29.8 Å². The smallest absolute Gasteiger partial charge is 0.220 e. The first-order valence-electron chi connectivity index (χ1n) is 11.2. The zero-order chi connectivity index (χ0) is 20.6. The van der Waals surface area contributed by atoms with Crippen LogP contribution < -0.4 is 10.5 Å². The number of hydrogen-bond acceptors (Lipinski definition) is 5. The highest BCUT2D eigenvalue weighted by Crippen LogP contribution is 2.18. The minimum absolute atomic E-state index is 0.0695. The first-order valence-corrected chi connectivity index (χ1v) is 11.2. The van der Waals surface area contributed by atoms with E-state index in [1.165, 1.54) is 18.7 Å². The van der Waals surface area contributed by atoms with E-state index < -0.39 is 0 Å². The molecule has 3 rings (SSSR count). The van der Waals surface area contributed by atoms with Crippen molar-refractivity contribution in [3.8, 4) is 5.75 Å². The fraction of sp³-hybridized carbons (Fsp3) is 0.696. The number of amides is 1. The first-order chi connectivity index (χ1) is 14.0. The summed E-state index contributed by atoms with van der Waals surface area (Å²) in [5.74, 6) is 0.875. The van der Waals surface area contributed by atoms with E-state index >= 15 is 0 Å². The Morgan fingerprint density at radius 3 is 2.28 bits per heavy atom. The summed E-state index contributed by atoms with van der Waals surface area (Å²) in [6.07, 6.45) is 2.79. The van der Waals surface area contributed by atoms with Gasteiger partial charge in [0.05, 0.1) is 6.61 Å². The van der Waals surface area contributed by atoms with Crippen molar-refractivity contribution in [3.63, 3.8) is 0 Å². The second-order valence-corrected chi connectivity index (χ2v) is 8.77. The zero-order valence-electron chi connectivity index (χ0n) is 18.2. The van der Waals surface area contributed by atoms with Crippen LogP contribution in [0.2, 0.25) is 0 Å². The molecule has 2 N–H and O–H groups in total. The van der Waals surface area contributed by atoms with Gasteiger partial charge in [-0.3, -0.25) is 14.6 Å². The molecular formula is C23H38N4O2. The standard InChI is InChI=1S/C23H38N4O2/c1-19(2)27-15-13-26(14-16-27)18-20-4-6-22(7-5-20)29-17-3-10-25-11-8-21(9-12-25)23(24)28/h4-7,19,21H,3,8-18H2,1-2H3,(H2,24,28). The average Bonchev–Trinajstić information content (AvgIpc) is 2.73. The SMILES string of the molecule is CC(C)N1CCN(Cc2ccc(OCCCN3CCC(C(N)=O)CC3)cc2)CC1. The van der Waals surface area contributed by atoms with Gasteiger partial charge in [0.1, 0.15) is 5.75 Å². The van der Waals surface area contributed by atoms with Gasteiger partial charge in [0.2, 0.25) is 5.91 Å². The van der Waals surface area contributed by atoms with Crippen LogP contribution in [0.3, 0.4) is 0 Å². The Kier molecular flexibility index (Phi) is 8.33. The Labute approximate surface area is 176 Å². The number of likely N-dealkylation sites (tertiary alicyclic amines) is 1. The minimum Gasteiger partial charge on any atom is -0.494 e. The second-order valence-electron chi connectivity index (χ2n) is 8.77. The number of carbonyl (C=O) groups is 1. The molecule has 1 amide bonds. The van der Waals surface area contributed by atoms with Crippen LogP contribution in [0, 0.1) is 5.92 Å². The molecule has 0 radical (unpaired) electrons. The monoisotopic (exact) mass is 402 g/mol. The lowest BCUT2D eigenvalue weighted by atomic mass is 9.96. The first kappa shape index (κ1) is 22.1. The lowest BCUT2D eigenvalue weighted by molar-refractivity contribution is -0.123. The summed E-state index contributed by atoms with van der Waals surface area (Å²) < 4.78 is 5.92. The normalized spacial score (nSPS) is 20.2. The summed E-state index contributed by atoms with van der Waals surface area (Å²) in [5.41, 5.74) is 6.75. The lowest BCUT2D eigenvalue weighted by Crippen LogP contribution is -2.48. The Hall–Kier alpha value is -1.63. The Morgan fingerprint density at radius 1 is 1.03 bits per heavy atom. The second kappa shape index (κ2) is 11.0. The predicted octanol–water partition coefficient (Wildman–Crippen LogP) is 2.18. The molecule has 0 bridgehead atoms. The largest absolute Gasteiger partial charge is 0.494 e. The van der Waals surface area contributed by atoms with E-state index in [4.69, 9.17) is 10.5 Å². The third kappa shape index (κ3) is 6.98. The van der Waals surface area contributed by atoms with Crippen molar-refractivity contribution in [1.82, 2.24) is 14.7 Å². The van der Waals surface area contributed by atoms with E-state index in [-0.39, 0.29) is 11.8 Å². The molecule has 2 aliphatic rings. The zero-order valence-corrected chi connectivity index (χ0v) is 18.2. The number of primary amides is 1. The molecule has 0 atom stereocenters. The molecule has 0 aromatic heterocycles. The number of nitrogens with two attached hydrogens (primary N) is 1. The summed E-state index contributed by atoms with van der Waals surface area (Å²) in [6, 6.07) is 9.23. The van der Waals surface area contributed by atoms with Gasteiger partial charge < -0.3 is 15.4 Å². The van der Waals surface area contributed by atoms with Gasteiger partial charge in [0.15, 0.2) is 0 Å². The summed E-state index contributed by atoms with van der Waals surface area (Å²) in [4.78, 5) is 18.7. The van der Waals surface area contributed by atoms with Crippen molar-refractivity contribution >= 4 is 5.91 Å². The fourth-order valence-corrected chi connectivity index (χ4v) is 4.31. The van der Waals surface area contributed by atoms with Crippen molar-refractivity contribution in [1.29, 1.82) is 0 Å². The molecule has 2 fully saturated rings. The summed E-state index contributed by atoms with van der Waals surface area (Å²) >= 11 is 0. The number of hydrogen-bond donors (Lipinski definition) is 1. The molecule has 0 unspecified atom stereocenters. The summed E-state index contributed by atoms with van der Waals surface area (Å²) in [6.45, 7) is 13.9. The molecule has 2 heterocycles. The van der Waals surface area contributed by atoms with Gasteiger partial charge in [0.25, 0.3) is 0 Å². The van der Waals surface area contributed by atoms with E-state index in [0.717, 1.165) is 70.9 Å². The highest BCUT2D eigenvalue weighted by Gasteiger charge is 2.22. The molecule has 1 aromatic rings. The van der Waals surface area contributed by atoms with Crippen molar-refractivity contribution in [2.75, 3.05) is 52.4 Å². The summed E-state index contributed by atoms with van der Waals surface area (Å²) in [5, 5.41) is 0. The number of rotatable bonds is 9. The fourth-order valence-electron chi connectivity index (χ4n) is 4.31. The molecule has 6 heteroatoms. The van der Waals surface area contributed by atoms with Gasteiger partial charge in [-0.2, -0.15) is 0 Å². The van der Waals surface area contributed by atoms with Gasteiger partial charge in [-0.15, -0.1) is 0 Å². The van der Waals surface area contributed by atoms with E-state index in [9.17, 15) is 4.79 Å². The Morgan fingerprint density at radius 2 is 1.69 bits per heavy atom. The van der Waals surface area contributed by atoms with Crippen LogP contribution in [-0.4, -0.2) is 79.1 Å². The van der Waals surface area contributed by atoms with E-state index in [1.54, 1.807) is 0 Å². The number of carbonyl (C=O) groups excluding carboxylic acids is 1. The highest BCUT2D eigenvalue weighted by atomic mass is 16.5. The lowest BCUT2D eigenvalue weighted by Gasteiger charge is -2.36. The highest BCUT2D eigenvalue weighted by molar-refractivity contribution is 5.76. The van der Waals surface area contributed by atoms with Crippen molar-refractivity contribution < 1.29 is 9.53 Å². The van der Waals surface area contributed by atoms with Crippen LogP contribution >= 0.6 is 0 Å². The minimum atomic E-state index is -0.144. The predicted molar refractivity (Wildman–Crippen MR) is 117 cm³/mol. The molecule has 0 saturated carbocycles. The van der Waals surface area contributed by atoms with Gasteiger partial charge in [-0.1, -0.05) is 12.1 Å². The molecule has 0 aliphatic carbocycles. The van der Waals surface area contributed by atoms with Crippen LogP contribution in [0.4, 0.5) is 0 Å². The quantitative estimate of drug-likeness (QED) is 0.642. The summed E-state index contributed by atoms with van der Waals surface area (Å²) in [7, 11) is 0. The van der Waals surface area contributed by atoms with E-state index in [1.807, 2.05) is 0 Å². The molecule has 1 aromatic carbocycles. The topological polar surface area (TPSA) is 62.0 Å². The van der Waals surface area contributed by atoms with Crippen LogP contribution in [-0.2, 0) is 11.3 Å². The molecule has 162 valence electrons. The van der Waals surface area contributed by atoms with Gasteiger partial charge >= 0.3 is 0 Å². The number of nitrogens with zero attached hydrogens (tertiary/aromatic N) is 3. The van der Waals surface area contributed by atoms with Crippen LogP contribution in [0.1, 0.15) is 38.7 Å². The number of ether oxygens (including phenoxy) is 1. The van der Waals surface area contributed by atoms with Gasteiger partial charge in [0, 0.05) is 51.2 Å². The number of benzene rings is 1. The molecule has 29 heavy (non-hydrogen) atoms. The van der Waals surface area contributed by atoms with Crippen LogP contribution in [0.25, 0.3) is 0 Å². The average molecular weight is 403 g/mol. The number of piperidine rings is 1. The maximum atomic E-state index is 11.2. The molecule has 2 saturated heterocycles. The Bertz CT molecular complexity index is 618.